The fourth-order valence-electron chi connectivity index (χ4n) is 5.06. The summed E-state index contributed by atoms with van der Waals surface area (Å²) in [5, 5.41) is 11.3. The lowest BCUT2D eigenvalue weighted by atomic mass is 9.89. The van der Waals surface area contributed by atoms with E-state index in [1.54, 1.807) is 49.6 Å². The van der Waals surface area contributed by atoms with Crippen LogP contribution >= 0.6 is 0 Å². The number of hydrogen-bond donors (Lipinski definition) is 4. The Morgan fingerprint density at radius 3 is 2.07 bits per heavy atom. The van der Waals surface area contributed by atoms with Crippen LogP contribution in [-0.4, -0.2) is 63.1 Å². The quantitative estimate of drug-likeness (QED) is 0.231. The molecule has 0 atom stereocenters. The molecule has 0 radical (unpaired) electrons. The molecule has 0 spiro atoms. The van der Waals surface area contributed by atoms with Gasteiger partial charge in [0.25, 0.3) is 5.91 Å². The third kappa shape index (κ3) is 8.71. The van der Waals surface area contributed by atoms with E-state index in [0.717, 1.165) is 44.6 Å². The summed E-state index contributed by atoms with van der Waals surface area (Å²) in [7, 11) is 3.08. The second kappa shape index (κ2) is 14.9. The molecule has 3 aromatic rings. The molecule has 1 heterocycles. The summed E-state index contributed by atoms with van der Waals surface area (Å²) >= 11 is 0. The number of rotatable bonds is 11. The van der Waals surface area contributed by atoms with Gasteiger partial charge >= 0.3 is 6.03 Å². The molecule has 1 saturated heterocycles. The predicted molar refractivity (Wildman–Crippen MR) is 165 cm³/mol. The average molecular weight is 574 g/mol. The van der Waals surface area contributed by atoms with Crippen LogP contribution in [0, 0.1) is 0 Å². The minimum absolute atomic E-state index is 0.0652. The van der Waals surface area contributed by atoms with E-state index in [1.165, 1.54) is 19.6 Å². The monoisotopic (exact) mass is 573 g/mol. The molecular weight excluding hydrogens is 534 g/mol. The number of ether oxygens (including phenoxy) is 2. The van der Waals surface area contributed by atoms with Gasteiger partial charge in [0.15, 0.2) is 0 Å². The summed E-state index contributed by atoms with van der Waals surface area (Å²) in [6.45, 7) is 5.01. The molecule has 3 aromatic carbocycles. The van der Waals surface area contributed by atoms with Gasteiger partial charge < -0.3 is 35.6 Å². The van der Waals surface area contributed by atoms with Gasteiger partial charge in [-0.05, 0) is 98.9 Å². The zero-order chi connectivity index (χ0) is 29.9. The summed E-state index contributed by atoms with van der Waals surface area (Å²) in [6, 6.07) is 19.7. The smallest absolute Gasteiger partial charge is 0.323 e. The Labute approximate surface area is 246 Å². The van der Waals surface area contributed by atoms with E-state index in [2.05, 4.69) is 38.3 Å². The van der Waals surface area contributed by atoms with E-state index in [1.807, 2.05) is 12.1 Å². The van der Waals surface area contributed by atoms with Gasteiger partial charge in [-0.2, -0.15) is 0 Å². The lowest BCUT2D eigenvalue weighted by molar-refractivity contribution is -0.114. The largest absolute Gasteiger partial charge is 0.497 e. The molecule has 222 valence electrons. The van der Waals surface area contributed by atoms with Crippen LogP contribution in [-0.2, 0) is 4.79 Å². The minimum atomic E-state index is -0.414. The van der Waals surface area contributed by atoms with Gasteiger partial charge in [0, 0.05) is 36.6 Å². The molecule has 10 heteroatoms. The highest BCUT2D eigenvalue weighted by Crippen LogP contribution is 2.29. The Morgan fingerprint density at radius 1 is 0.810 bits per heavy atom. The van der Waals surface area contributed by atoms with Crippen molar-refractivity contribution in [2.75, 3.05) is 56.3 Å². The lowest BCUT2D eigenvalue weighted by Gasteiger charge is -2.32. The van der Waals surface area contributed by atoms with Crippen molar-refractivity contribution in [3.63, 3.8) is 0 Å². The van der Waals surface area contributed by atoms with E-state index in [-0.39, 0.29) is 11.8 Å². The standard InChI is InChI=1S/C32H39N5O5/c1-22(38)34-25-7-5-23(6-8-25)24-15-19-37(20-16-24)18-4-17-33-31(39)29-14-11-27(21-30(29)42-3)36-32(40)35-26-9-12-28(41-2)13-10-26/h5-14,21,24H,4,15-20H2,1-3H3,(H,33,39)(H,34,38)(H2,35,36,40). The first-order chi connectivity index (χ1) is 20.3. The maximum Gasteiger partial charge on any atom is 0.323 e. The normalized spacial score (nSPS) is 13.6. The van der Waals surface area contributed by atoms with Crippen LogP contribution in [0.25, 0.3) is 0 Å². The van der Waals surface area contributed by atoms with E-state index in [4.69, 9.17) is 9.47 Å². The first kappa shape index (κ1) is 30.4. The Balaban J connectivity index is 1.18. The van der Waals surface area contributed by atoms with Crippen LogP contribution in [0.5, 0.6) is 11.5 Å². The maximum absolute atomic E-state index is 12.8. The van der Waals surface area contributed by atoms with Crippen LogP contribution in [0.3, 0.4) is 0 Å². The third-order valence-electron chi connectivity index (χ3n) is 7.28. The number of carbonyl (C=O) groups excluding carboxylic acids is 3. The molecule has 4 rings (SSSR count). The number of nitrogens with one attached hydrogen (secondary N) is 4. The first-order valence-corrected chi connectivity index (χ1v) is 14.1. The van der Waals surface area contributed by atoms with Gasteiger partial charge in [-0.3, -0.25) is 9.59 Å². The van der Waals surface area contributed by atoms with Crippen molar-refractivity contribution in [3.05, 3.63) is 77.9 Å². The Hall–Kier alpha value is -4.57. The first-order valence-electron chi connectivity index (χ1n) is 14.1. The molecule has 0 saturated carbocycles. The SMILES string of the molecule is COc1ccc(NC(=O)Nc2ccc(C(=O)NCCCN3CCC(c4ccc(NC(C)=O)cc4)CC3)c(OC)c2)cc1. The van der Waals surface area contributed by atoms with Gasteiger partial charge in [0.05, 0.1) is 19.8 Å². The van der Waals surface area contributed by atoms with Crippen molar-refractivity contribution in [2.24, 2.45) is 0 Å². The lowest BCUT2D eigenvalue weighted by Crippen LogP contribution is -2.35. The zero-order valence-electron chi connectivity index (χ0n) is 24.4. The summed E-state index contributed by atoms with van der Waals surface area (Å²) < 4.78 is 10.6. The van der Waals surface area contributed by atoms with Gasteiger partial charge in [-0.1, -0.05) is 12.1 Å². The van der Waals surface area contributed by atoms with Gasteiger partial charge in [-0.25, -0.2) is 4.79 Å². The molecule has 1 fully saturated rings. The van der Waals surface area contributed by atoms with Gasteiger partial charge in [0.1, 0.15) is 11.5 Å². The summed E-state index contributed by atoms with van der Waals surface area (Å²) in [4.78, 5) is 38.9. The molecule has 0 aromatic heterocycles. The molecule has 0 aliphatic carbocycles. The molecule has 10 nitrogen and oxygen atoms in total. The van der Waals surface area contributed by atoms with Crippen LogP contribution in [0.4, 0.5) is 21.9 Å². The summed E-state index contributed by atoms with van der Waals surface area (Å²) in [5.41, 5.74) is 3.66. The van der Waals surface area contributed by atoms with Crippen molar-refractivity contribution < 1.29 is 23.9 Å². The number of likely N-dealkylation sites (tertiary alicyclic amines) is 1. The van der Waals surface area contributed by atoms with E-state index in [0.29, 0.717) is 40.9 Å². The van der Waals surface area contributed by atoms with Crippen molar-refractivity contribution in [3.8, 4) is 11.5 Å². The van der Waals surface area contributed by atoms with E-state index in [9.17, 15) is 14.4 Å². The van der Waals surface area contributed by atoms with Gasteiger partial charge in [0.2, 0.25) is 5.91 Å². The molecule has 4 amide bonds. The second-order valence-electron chi connectivity index (χ2n) is 10.3. The Morgan fingerprint density at radius 2 is 1.43 bits per heavy atom. The predicted octanol–water partition coefficient (Wildman–Crippen LogP) is 5.31. The number of benzene rings is 3. The number of hydrogen-bond acceptors (Lipinski definition) is 6. The van der Waals surface area contributed by atoms with E-state index >= 15 is 0 Å². The number of amides is 4. The minimum Gasteiger partial charge on any atom is -0.497 e. The Kier molecular flexibility index (Phi) is 10.8. The molecule has 4 N–H and O–H groups in total. The highest BCUT2D eigenvalue weighted by Gasteiger charge is 2.20. The fourth-order valence-corrected chi connectivity index (χ4v) is 5.06. The number of methoxy groups -OCH3 is 2. The fraction of sp³-hybridized carbons (Fsp3) is 0.344. The highest BCUT2D eigenvalue weighted by molar-refractivity contribution is 6.01. The van der Waals surface area contributed by atoms with Crippen molar-refractivity contribution >= 4 is 34.9 Å². The summed E-state index contributed by atoms with van der Waals surface area (Å²) in [5.74, 6) is 1.31. The third-order valence-corrected chi connectivity index (χ3v) is 7.28. The zero-order valence-corrected chi connectivity index (χ0v) is 24.4. The molecule has 0 unspecified atom stereocenters. The second-order valence-corrected chi connectivity index (χ2v) is 10.3. The topological polar surface area (TPSA) is 121 Å². The van der Waals surface area contributed by atoms with E-state index < -0.39 is 6.03 Å². The summed E-state index contributed by atoms with van der Waals surface area (Å²) in [6.07, 6.45) is 3.01. The average Bonchev–Trinajstić information content (AvgIpc) is 3.00. The van der Waals surface area contributed by atoms with Crippen LogP contribution in [0.2, 0.25) is 0 Å². The molecular formula is C32H39N5O5. The molecule has 1 aliphatic heterocycles. The van der Waals surface area contributed by atoms with Crippen LogP contribution in [0.15, 0.2) is 66.7 Å². The van der Waals surface area contributed by atoms with Crippen molar-refractivity contribution in [1.29, 1.82) is 0 Å². The number of piperidine rings is 1. The van der Waals surface area contributed by atoms with Crippen LogP contribution < -0.4 is 30.7 Å². The number of urea groups is 1. The van der Waals surface area contributed by atoms with Gasteiger partial charge in [-0.15, -0.1) is 0 Å². The maximum atomic E-state index is 12.8. The van der Waals surface area contributed by atoms with Crippen LogP contribution in [0.1, 0.15) is 48.0 Å². The number of anilines is 3. The van der Waals surface area contributed by atoms with Crippen molar-refractivity contribution in [2.45, 2.75) is 32.1 Å². The number of carbonyl (C=O) groups is 3. The van der Waals surface area contributed by atoms with Crippen molar-refractivity contribution in [1.82, 2.24) is 10.2 Å². The number of nitrogens with zero attached hydrogens (tertiary/aromatic N) is 1. The molecule has 1 aliphatic rings. The Bertz CT molecular complexity index is 1350. The highest BCUT2D eigenvalue weighted by atomic mass is 16.5. The molecule has 42 heavy (non-hydrogen) atoms. The molecule has 0 bridgehead atoms.